The number of halogens is 2. The Morgan fingerprint density at radius 3 is 2.71 bits per heavy atom. The van der Waals surface area contributed by atoms with Crippen LogP contribution in [0.4, 0.5) is 8.78 Å². The molecule has 1 heterocycles. The molecule has 0 aliphatic rings. The van der Waals surface area contributed by atoms with E-state index in [0.717, 1.165) is 6.20 Å². The van der Waals surface area contributed by atoms with E-state index >= 15 is 0 Å². The van der Waals surface area contributed by atoms with Crippen LogP contribution in [-0.4, -0.2) is 4.98 Å². The third-order valence-corrected chi connectivity index (χ3v) is 1.98. The first-order valence-corrected chi connectivity index (χ1v) is 3.98. The summed E-state index contributed by atoms with van der Waals surface area (Å²) in [6.07, 6.45) is -1.67. The smallest absolute Gasteiger partial charge is 0.266 e. The first-order chi connectivity index (χ1) is 6.61. The van der Waals surface area contributed by atoms with Gasteiger partial charge in [-0.2, -0.15) is 5.26 Å². The van der Waals surface area contributed by atoms with Crippen molar-refractivity contribution in [2.75, 3.05) is 0 Å². The Bertz CT molecular complexity index is 382. The lowest BCUT2D eigenvalue weighted by atomic mass is 10.0. The standard InChI is InChI=1S/C9H9F2N3/c1-5-6(2-12)7(3-13)8(4-14-5)9(10)11/h4,9H,2,12H2,1H3. The van der Waals surface area contributed by atoms with Gasteiger partial charge in [0.05, 0.1) is 11.1 Å². The molecule has 0 atom stereocenters. The van der Waals surface area contributed by atoms with E-state index in [0.29, 0.717) is 11.3 Å². The zero-order valence-electron chi connectivity index (χ0n) is 7.59. The van der Waals surface area contributed by atoms with Crippen LogP contribution in [0.1, 0.15) is 28.8 Å². The third kappa shape index (κ3) is 1.70. The van der Waals surface area contributed by atoms with Crippen molar-refractivity contribution in [2.45, 2.75) is 19.9 Å². The second-order valence-corrected chi connectivity index (χ2v) is 2.77. The van der Waals surface area contributed by atoms with Gasteiger partial charge in [0.2, 0.25) is 0 Å². The molecule has 0 saturated heterocycles. The summed E-state index contributed by atoms with van der Waals surface area (Å²) in [4.78, 5) is 3.77. The van der Waals surface area contributed by atoms with Crippen molar-refractivity contribution >= 4 is 0 Å². The van der Waals surface area contributed by atoms with E-state index in [9.17, 15) is 8.78 Å². The number of hydrogen-bond donors (Lipinski definition) is 1. The average Bonchev–Trinajstić information content (AvgIpc) is 2.16. The van der Waals surface area contributed by atoms with Crippen LogP contribution in [-0.2, 0) is 6.54 Å². The number of nitriles is 1. The van der Waals surface area contributed by atoms with Crippen molar-refractivity contribution in [3.63, 3.8) is 0 Å². The molecular formula is C9H9F2N3. The van der Waals surface area contributed by atoms with E-state index in [1.165, 1.54) is 0 Å². The van der Waals surface area contributed by atoms with Crippen molar-refractivity contribution in [3.8, 4) is 6.07 Å². The minimum Gasteiger partial charge on any atom is -0.326 e. The molecule has 0 fully saturated rings. The lowest BCUT2D eigenvalue weighted by Crippen LogP contribution is -2.07. The molecule has 5 heteroatoms. The van der Waals surface area contributed by atoms with E-state index in [1.807, 2.05) is 0 Å². The van der Waals surface area contributed by atoms with E-state index in [2.05, 4.69) is 4.98 Å². The van der Waals surface area contributed by atoms with E-state index in [4.69, 9.17) is 11.0 Å². The molecule has 1 aromatic rings. The minimum atomic E-state index is -2.69. The summed E-state index contributed by atoms with van der Waals surface area (Å²) in [7, 11) is 0. The van der Waals surface area contributed by atoms with Crippen molar-refractivity contribution < 1.29 is 8.78 Å². The van der Waals surface area contributed by atoms with Gasteiger partial charge in [0.25, 0.3) is 6.43 Å². The maximum atomic E-state index is 12.4. The Labute approximate surface area is 80.2 Å². The molecule has 0 aliphatic carbocycles. The van der Waals surface area contributed by atoms with Gasteiger partial charge < -0.3 is 5.73 Å². The highest BCUT2D eigenvalue weighted by Gasteiger charge is 2.17. The molecule has 0 bridgehead atoms. The van der Waals surface area contributed by atoms with Gasteiger partial charge in [0, 0.05) is 24.0 Å². The van der Waals surface area contributed by atoms with Gasteiger partial charge in [-0.3, -0.25) is 4.98 Å². The zero-order chi connectivity index (χ0) is 10.7. The summed E-state index contributed by atoms with van der Waals surface area (Å²) in [5.41, 5.74) is 5.88. The lowest BCUT2D eigenvalue weighted by molar-refractivity contribution is 0.150. The number of nitrogens with zero attached hydrogens (tertiary/aromatic N) is 2. The molecule has 0 amide bonds. The molecule has 0 radical (unpaired) electrons. The number of aromatic nitrogens is 1. The maximum Gasteiger partial charge on any atom is 0.266 e. The Hall–Kier alpha value is -1.54. The largest absolute Gasteiger partial charge is 0.326 e. The molecule has 1 aromatic heterocycles. The number of aryl methyl sites for hydroxylation is 1. The highest BCUT2D eigenvalue weighted by Crippen LogP contribution is 2.25. The Morgan fingerprint density at radius 2 is 2.29 bits per heavy atom. The predicted octanol–water partition coefficient (Wildman–Crippen LogP) is 1.66. The fraction of sp³-hybridized carbons (Fsp3) is 0.333. The molecule has 1 rings (SSSR count). The highest BCUT2D eigenvalue weighted by molar-refractivity contribution is 5.45. The molecule has 74 valence electrons. The Balaban J connectivity index is 3.43. The first kappa shape index (κ1) is 10.5. The number of pyridine rings is 1. The number of alkyl halides is 2. The van der Waals surface area contributed by atoms with Gasteiger partial charge in [0.15, 0.2) is 0 Å². The van der Waals surface area contributed by atoms with Crippen LogP contribution >= 0.6 is 0 Å². The quantitative estimate of drug-likeness (QED) is 0.784. The Kier molecular flexibility index (Phi) is 3.10. The van der Waals surface area contributed by atoms with Crippen LogP contribution in [0.25, 0.3) is 0 Å². The van der Waals surface area contributed by atoms with Gasteiger partial charge in [0.1, 0.15) is 6.07 Å². The summed E-state index contributed by atoms with van der Waals surface area (Å²) < 4.78 is 24.9. The van der Waals surface area contributed by atoms with Crippen LogP contribution in [0, 0.1) is 18.3 Å². The summed E-state index contributed by atoms with van der Waals surface area (Å²) in [5.74, 6) is 0. The minimum absolute atomic E-state index is 0.0439. The molecule has 0 unspecified atom stereocenters. The fourth-order valence-corrected chi connectivity index (χ4v) is 1.21. The highest BCUT2D eigenvalue weighted by atomic mass is 19.3. The maximum absolute atomic E-state index is 12.4. The van der Waals surface area contributed by atoms with Gasteiger partial charge in [-0.15, -0.1) is 0 Å². The zero-order valence-corrected chi connectivity index (χ0v) is 7.59. The van der Waals surface area contributed by atoms with Crippen LogP contribution in [0.2, 0.25) is 0 Å². The van der Waals surface area contributed by atoms with Gasteiger partial charge >= 0.3 is 0 Å². The van der Waals surface area contributed by atoms with E-state index in [-0.39, 0.29) is 17.7 Å². The number of nitrogens with two attached hydrogens (primary N) is 1. The molecule has 14 heavy (non-hydrogen) atoms. The number of rotatable bonds is 2. The van der Waals surface area contributed by atoms with Crippen LogP contribution in [0.3, 0.4) is 0 Å². The van der Waals surface area contributed by atoms with Gasteiger partial charge in [-0.05, 0) is 6.92 Å². The van der Waals surface area contributed by atoms with Crippen LogP contribution in [0.15, 0.2) is 6.20 Å². The first-order valence-electron chi connectivity index (χ1n) is 3.98. The SMILES string of the molecule is Cc1ncc(C(F)F)c(C#N)c1CN. The summed E-state index contributed by atoms with van der Waals surface area (Å²) >= 11 is 0. The predicted molar refractivity (Wildman–Crippen MR) is 46.5 cm³/mol. The third-order valence-electron chi connectivity index (χ3n) is 1.98. The average molecular weight is 197 g/mol. The van der Waals surface area contributed by atoms with Crippen molar-refractivity contribution in [1.82, 2.24) is 4.98 Å². The molecule has 0 aliphatic heterocycles. The summed E-state index contributed by atoms with van der Waals surface area (Å²) in [6.45, 7) is 1.68. The van der Waals surface area contributed by atoms with Gasteiger partial charge in [-0.1, -0.05) is 0 Å². The summed E-state index contributed by atoms with van der Waals surface area (Å²) in [6, 6.07) is 1.74. The van der Waals surface area contributed by atoms with Crippen molar-refractivity contribution in [2.24, 2.45) is 5.73 Å². The molecule has 2 N–H and O–H groups in total. The second kappa shape index (κ2) is 4.11. The molecule has 0 aromatic carbocycles. The van der Waals surface area contributed by atoms with E-state index in [1.54, 1.807) is 13.0 Å². The number of hydrogen-bond acceptors (Lipinski definition) is 3. The molecule has 0 spiro atoms. The van der Waals surface area contributed by atoms with Gasteiger partial charge in [-0.25, -0.2) is 8.78 Å². The monoisotopic (exact) mass is 197 g/mol. The van der Waals surface area contributed by atoms with E-state index < -0.39 is 6.43 Å². The second-order valence-electron chi connectivity index (χ2n) is 2.77. The Morgan fingerprint density at radius 1 is 1.64 bits per heavy atom. The molecular weight excluding hydrogens is 188 g/mol. The van der Waals surface area contributed by atoms with Crippen molar-refractivity contribution in [3.05, 3.63) is 28.6 Å². The van der Waals surface area contributed by atoms with Crippen LogP contribution in [0.5, 0.6) is 0 Å². The molecule has 0 saturated carbocycles. The summed E-state index contributed by atoms with van der Waals surface area (Å²) in [5, 5.41) is 8.74. The molecule has 3 nitrogen and oxygen atoms in total. The van der Waals surface area contributed by atoms with Crippen molar-refractivity contribution in [1.29, 1.82) is 5.26 Å². The van der Waals surface area contributed by atoms with Crippen LogP contribution < -0.4 is 5.73 Å². The lowest BCUT2D eigenvalue weighted by Gasteiger charge is -2.08. The normalized spacial score (nSPS) is 10.3. The fourth-order valence-electron chi connectivity index (χ4n) is 1.21. The topological polar surface area (TPSA) is 62.7 Å².